The van der Waals surface area contributed by atoms with Gasteiger partial charge in [0.15, 0.2) is 5.78 Å². The molecule has 0 bridgehead atoms. The van der Waals surface area contributed by atoms with Crippen molar-refractivity contribution in [2.45, 2.75) is 57.7 Å². The Bertz CT molecular complexity index is 1640. The summed E-state index contributed by atoms with van der Waals surface area (Å²) in [7, 11) is 0. The van der Waals surface area contributed by atoms with Crippen molar-refractivity contribution in [3.05, 3.63) is 111 Å². The summed E-state index contributed by atoms with van der Waals surface area (Å²) >= 11 is 0. The SMILES string of the molecule is Cc1cc(C2=NCc3ccc(C(=O)C[C@@H]4CCC[C@](O)(Cn5c(=O)ccc6ccccc65)C4)cc32)ccn1. The number of aryl methyl sites for hydroxylation is 1. The number of rotatable bonds is 6. The Morgan fingerprint density at radius 3 is 2.84 bits per heavy atom. The highest BCUT2D eigenvalue weighted by Gasteiger charge is 2.36. The largest absolute Gasteiger partial charge is 0.388 e. The van der Waals surface area contributed by atoms with Crippen LogP contribution in [0.15, 0.2) is 82.7 Å². The van der Waals surface area contributed by atoms with E-state index in [1.807, 2.05) is 67.6 Å². The van der Waals surface area contributed by atoms with E-state index in [0.717, 1.165) is 51.8 Å². The summed E-state index contributed by atoms with van der Waals surface area (Å²) in [6.45, 7) is 2.81. The first-order chi connectivity index (χ1) is 18.4. The molecule has 2 atom stereocenters. The van der Waals surface area contributed by atoms with E-state index in [-0.39, 0.29) is 23.8 Å². The molecule has 0 unspecified atom stereocenters. The highest BCUT2D eigenvalue weighted by atomic mass is 16.3. The van der Waals surface area contributed by atoms with Crippen LogP contribution in [0.3, 0.4) is 0 Å². The molecule has 38 heavy (non-hydrogen) atoms. The average molecular weight is 506 g/mol. The van der Waals surface area contributed by atoms with Crippen LogP contribution in [-0.4, -0.2) is 31.8 Å². The van der Waals surface area contributed by atoms with Gasteiger partial charge in [-0.05, 0) is 73.4 Å². The number of carbonyl (C=O) groups excluding carboxylic acids is 1. The lowest BCUT2D eigenvalue weighted by Gasteiger charge is -2.37. The van der Waals surface area contributed by atoms with E-state index in [0.29, 0.717) is 31.4 Å². The predicted octanol–water partition coefficient (Wildman–Crippen LogP) is 5.25. The first-order valence-corrected chi connectivity index (χ1v) is 13.3. The van der Waals surface area contributed by atoms with E-state index < -0.39 is 5.60 Å². The van der Waals surface area contributed by atoms with Crippen LogP contribution in [-0.2, 0) is 13.1 Å². The number of nitrogens with zero attached hydrogens (tertiary/aromatic N) is 3. The molecule has 4 aromatic rings. The number of fused-ring (bicyclic) bond motifs is 2. The zero-order valence-corrected chi connectivity index (χ0v) is 21.6. The van der Waals surface area contributed by atoms with E-state index in [2.05, 4.69) is 4.98 Å². The lowest BCUT2D eigenvalue weighted by Crippen LogP contribution is -2.42. The summed E-state index contributed by atoms with van der Waals surface area (Å²) in [6.07, 6.45) is 5.02. The number of benzene rings is 2. The van der Waals surface area contributed by atoms with Gasteiger partial charge in [0.2, 0.25) is 0 Å². The molecule has 6 heteroatoms. The molecule has 1 aliphatic heterocycles. The minimum Gasteiger partial charge on any atom is -0.388 e. The molecule has 1 N–H and O–H groups in total. The first kappa shape index (κ1) is 24.4. The summed E-state index contributed by atoms with van der Waals surface area (Å²) < 4.78 is 1.68. The maximum atomic E-state index is 13.4. The Kier molecular flexibility index (Phi) is 6.28. The van der Waals surface area contributed by atoms with Gasteiger partial charge in [0, 0.05) is 41.1 Å². The summed E-state index contributed by atoms with van der Waals surface area (Å²) in [6, 6.07) is 21.0. The highest BCUT2D eigenvalue weighted by molar-refractivity contribution is 6.16. The van der Waals surface area contributed by atoms with Gasteiger partial charge >= 0.3 is 0 Å². The second-order valence-electron chi connectivity index (χ2n) is 10.9. The average Bonchev–Trinajstić information content (AvgIpc) is 3.34. The Morgan fingerprint density at radius 2 is 1.97 bits per heavy atom. The van der Waals surface area contributed by atoms with Crippen LogP contribution in [0, 0.1) is 12.8 Å². The van der Waals surface area contributed by atoms with Crippen LogP contribution in [0.5, 0.6) is 0 Å². The number of pyridine rings is 2. The number of carbonyl (C=O) groups is 1. The number of aromatic nitrogens is 2. The van der Waals surface area contributed by atoms with Crippen LogP contribution < -0.4 is 5.56 Å². The summed E-state index contributed by atoms with van der Waals surface area (Å²) in [4.78, 5) is 35.2. The van der Waals surface area contributed by atoms with Crippen LogP contribution in [0.2, 0.25) is 0 Å². The Hall–Kier alpha value is -3.90. The molecule has 0 amide bonds. The first-order valence-electron chi connectivity index (χ1n) is 13.3. The normalized spacial score (nSPS) is 20.8. The summed E-state index contributed by atoms with van der Waals surface area (Å²) in [5.74, 6) is 0.151. The number of hydrogen-bond acceptors (Lipinski definition) is 5. The molecule has 192 valence electrons. The Morgan fingerprint density at radius 1 is 1.11 bits per heavy atom. The van der Waals surface area contributed by atoms with Crippen molar-refractivity contribution in [2.24, 2.45) is 10.9 Å². The van der Waals surface area contributed by atoms with Crippen LogP contribution in [0.25, 0.3) is 10.9 Å². The van der Waals surface area contributed by atoms with Crippen molar-refractivity contribution in [3.63, 3.8) is 0 Å². The lowest BCUT2D eigenvalue weighted by molar-refractivity contribution is -0.0300. The highest BCUT2D eigenvalue weighted by Crippen LogP contribution is 2.36. The maximum absolute atomic E-state index is 13.4. The van der Waals surface area contributed by atoms with Gasteiger partial charge in [0.05, 0.1) is 29.9 Å². The van der Waals surface area contributed by atoms with Crippen LogP contribution in [0.1, 0.15) is 64.8 Å². The fraction of sp³-hybridized carbons (Fsp3) is 0.312. The molecular weight excluding hydrogens is 474 g/mol. The minimum atomic E-state index is -1.02. The molecule has 1 saturated carbocycles. The van der Waals surface area contributed by atoms with E-state index in [9.17, 15) is 14.7 Å². The third-order valence-electron chi connectivity index (χ3n) is 8.01. The smallest absolute Gasteiger partial charge is 0.251 e. The van der Waals surface area contributed by atoms with Crippen LogP contribution in [0.4, 0.5) is 0 Å². The van der Waals surface area contributed by atoms with Gasteiger partial charge < -0.3 is 9.67 Å². The quantitative estimate of drug-likeness (QED) is 0.363. The standard InChI is InChI=1S/C32H31N3O3/c1-21-15-25(12-14-33-21)31-27-17-24(8-9-26(27)19-34-31)29(36)16-22-5-4-13-32(38,18-22)20-35-28-7-3-2-6-23(28)10-11-30(35)37/h2-3,6-12,14-15,17,22,38H,4-5,13,16,18-20H2,1H3/t22-,32+/m0/s1. The molecule has 0 spiro atoms. The van der Waals surface area contributed by atoms with Gasteiger partial charge in [0.1, 0.15) is 0 Å². The fourth-order valence-electron chi connectivity index (χ4n) is 6.16. The van der Waals surface area contributed by atoms with Gasteiger partial charge in [-0.15, -0.1) is 0 Å². The zero-order valence-electron chi connectivity index (χ0n) is 21.6. The molecule has 6 nitrogen and oxygen atoms in total. The van der Waals surface area contributed by atoms with Crippen molar-refractivity contribution in [3.8, 4) is 0 Å². The van der Waals surface area contributed by atoms with Gasteiger partial charge in [-0.3, -0.25) is 19.6 Å². The molecule has 2 aliphatic rings. The maximum Gasteiger partial charge on any atom is 0.251 e. The lowest BCUT2D eigenvalue weighted by atomic mass is 9.75. The van der Waals surface area contributed by atoms with Crippen LogP contribution >= 0.6 is 0 Å². The number of aliphatic imine (C=N–C) groups is 1. The van der Waals surface area contributed by atoms with Gasteiger partial charge in [-0.25, -0.2) is 0 Å². The molecule has 0 saturated heterocycles. The minimum absolute atomic E-state index is 0.0659. The number of hydrogen-bond donors (Lipinski definition) is 1. The molecule has 1 fully saturated rings. The van der Waals surface area contributed by atoms with E-state index >= 15 is 0 Å². The fourth-order valence-corrected chi connectivity index (χ4v) is 6.16. The summed E-state index contributed by atoms with van der Waals surface area (Å²) in [5, 5.41) is 12.6. The number of ketones is 1. The molecule has 1 aliphatic carbocycles. The monoisotopic (exact) mass is 505 g/mol. The number of aliphatic hydroxyl groups is 1. The predicted molar refractivity (Wildman–Crippen MR) is 149 cm³/mol. The van der Waals surface area contributed by atoms with Crippen molar-refractivity contribution >= 4 is 22.4 Å². The van der Waals surface area contributed by atoms with E-state index in [1.165, 1.54) is 0 Å². The number of Topliss-reactive ketones (excluding diaryl/α,β-unsaturated/α-hetero) is 1. The Balaban J connectivity index is 1.19. The van der Waals surface area contributed by atoms with Gasteiger partial charge in [-0.1, -0.05) is 36.8 Å². The third-order valence-corrected chi connectivity index (χ3v) is 8.01. The molecule has 0 radical (unpaired) electrons. The number of para-hydroxylation sites is 1. The molecule has 2 aromatic heterocycles. The zero-order chi connectivity index (χ0) is 26.3. The molecule has 2 aromatic carbocycles. The molecule has 3 heterocycles. The summed E-state index contributed by atoms with van der Waals surface area (Å²) in [5.41, 5.74) is 5.37. The molecule has 6 rings (SSSR count). The second-order valence-corrected chi connectivity index (χ2v) is 10.9. The van der Waals surface area contributed by atoms with Gasteiger partial charge in [-0.2, -0.15) is 0 Å². The molecular formula is C32H31N3O3. The van der Waals surface area contributed by atoms with Crippen molar-refractivity contribution in [1.29, 1.82) is 0 Å². The Labute approximate surface area is 221 Å². The topological polar surface area (TPSA) is 84.5 Å². The van der Waals surface area contributed by atoms with Crippen molar-refractivity contribution in [2.75, 3.05) is 0 Å². The van der Waals surface area contributed by atoms with Crippen molar-refractivity contribution < 1.29 is 9.90 Å². The second kappa shape index (κ2) is 9.76. The third kappa shape index (κ3) is 4.72. The van der Waals surface area contributed by atoms with E-state index in [1.54, 1.807) is 16.8 Å². The van der Waals surface area contributed by atoms with E-state index in [4.69, 9.17) is 4.99 Å². The van der Waals surface area contributed by atoms with Crippen molar-refractivity contribution in [1.82, 2.24) is 9.55 Å². The van der Waals surface area contributed by atoms with Gasteiger partial charge in [0.25, 0.3) is 5.56 Å².